The number of benzene rings is 1. The normalized spacial score (nSPS) is 24.5. The molecule has 3 heterocycles. The number of nitrogen functional groups attached to an aromatic ring is 1. The summed E-state index contributed by atoms with van der Waals surface area (Å²) in [6.07, 6.45) is -3.70. The predicted octanol–water partition coefficient (Wildman–Crippen LogP) is 3.58. The lowest BCUT2D eigenvalue weighted by atomic mass is 9.98. The second-order valence-corrected chi connectivity index (χ2v) is 12.1. The number of aromatic nitrogens is 4. The van der Waals surface area contributed by atoms with Crippen molar-refractivity contribution in [3.05, 3.63) is 35.6 Å². The Morgan fingerprint density at radius 1 is 1.31 bits per heavy atom. The number of rotatable bonds is 12. The number of nitrogens with two attached hydrogens (primary N) is 1. The first-order valence-corrected chi connectivity index (χ1v) is 15.0. The Bertz CT molecular complexity index is 1460. The number of alkyl halides is 1. The molecule has 0 radical (unpaired) electrons. The lowest BCUT2D eigenvalue weighted by Gasteiger charge is -2.25. The van der Waals surface area contributed by atoms with Crippen LogP contribution < -0.4 is 20.1 Å². The van der Waals surface area contributed by atoms with Crippen LogP contribution in [-0.2, 0) is 23.4 Å². The highest BCUT2D eigenvalue weighted by molar-refractivity contribution is 7.52. The van der Waals surface area contributed by atoms with Crippen LogP contribution in [0.2, 0.25) is 5.02 Å². The maximum Gasteiger partial charge on any atom is 0.459 e. The third-order valence-corrected chi connectivity index (χ3v) is 8.06. The van der Waals surface area contributed by atoms with Gasteiger partial charge in [0.1, 0.15) is 24.0 Å². The number of imidazole rings is 1. The zero-order valence-corrected chi connectivity index (χ0v) is 25.2. The first-order chi connectivity index (χ1) is 19.7. The van der Waals surface area contributed by atoms with E-state index < -0.39 is 56.6 Å². The van der Waals surface area contributed by atoms with Crippen molar-refractivity contribution in [2.45, 2.75) is 70.9 Å². The first kappa shape index (κ1) is 31.9. The predicted molar refractivity (Wildman–Crippen MR) is 150 cm³/mol. The Morgan fingerprint density at radius 2 is 2.00 bits per heavy atom. The topological polar surface area (TPSA) is 182 Å². The number of esters is 1. The number of fused-ring (bicyclic) bond motifs is 1. The molecule has 4 N–H and O–H groups in total. The van der Waals surface area contributed by atoms with E-state index in [1.54, 1.807) is 20.8 Å². The summed E-state index contributed by atoms with van der Waals surface area (Å²) in [6, 6.07) is 4.77. The van der Waals surface area contributed by atoms with Gasteiger partial charge in [0, 0.05) is 5.02 Å². The standard InChI is InChI=1S/C25H33ClFN6O8P/c1-6-37-21-18-20(30-24(28)31-21)33(12-29-18)23-25(5,27)19(34)17(40-23)11-38-42(36,32-14(4)22(35)39-13(2)3)41-16-9-7-15(26)8-10-16/h7-10,12-14,17,19,23,34H,6,11H2,1-5H3,(H,32,36)(H2,28,30,31)/t14-,17+,19+,23+,25+,42?/m0/s1. The van der Waals surface area contributed by atoms with E-state index >= 15 is 4.39 Å². The zero-order chi connectivity index (χ0) is 30.8. The van der Waals surface area contributed by atoms with Crippen LogP contribution in [0.4, 0.5) is 10.3 Å². The third-order valence-electron chi connectivity index (χ3n) is 6.16. The largest absolute Gasteiger partial charge is 0.476 e. The molecule has 3 aromatic rings. The summed E-state index contributed by atoms with van der Waals surface area (Å²) in [5, 5.41) is 13.8. The van der Waals surface area contributed by atoms with Crippen LogP contribution in [0.5, 0.6) is 11.6 Å². The van der Waals surface area contributed by atoms with Crippen LogP contribution in [0, 0.1) is 0 Å². The van der Waals surface area contributed by atoms with Gasteiger partial charge in [-0.25, -0.2) is 13.9 Å². The molecule has 0 aliphatic carbocycles. The minimum absolute atomic E-state index is 0.105. The molecule has 1 unspecified atom stereocenters. The number of nitrogens with zero attached hydrogens (tertiary/aromatic N) is 4. The van der Waals surface area contributed by atoms with Gasteiger partial charge in [-0.3, -0.25) is 13.9 Å². The monoisotopic (exact) mass is 630 g/mol. The number of hydrogen-bond acceptors (Lipinski definition) is 12. The van der Waals surface area contributed by atoms with Crippen LogP contribution >= 0.6 is 19.3 Å². The van der Waals surface area contributed by atoms with E-state index in [0.29, 0.717) is 5.02 Å². The summed E-state index contributed by atoms with van der Waals surface area (Å²) >= 11 is 5.93. The van der Waals surface area contributed by atoms with Crippen molar-refractivity contribution in [2.75, 3.05) is 18.9 Å². The van der Waals surface area contributed by atoms with E-state index in [1.807, 2.05) is 0 Å². The summed E-state index contributed by atoms with van der Waals surface area (Å²) in [5.41, 5.74) is 3.76. The molecule has 1 saturated heterocycles. The van der Waals surface area contributed by atoms with Crippen molar-refractivity contribution < 1.29 is 42.1 Å². The number of carbonyl (C=O) groups is 1. The molecule has 1 aliphatic rings. The molecular formula is C25H33ClFN6O8P. The second-order valence-electron chi connectivity index (χ2n) is 9.94. The Morgan fingerprint density at radius 3 is 2.64 bits per heavy atom. The first-order valence-electron chi connectivity index (χ1n) is 13.1. The molecule has 42 heavy (non-hydrogen) atoms. The Balaban J connectivity index is 1.57. The van der Waals surface area contributed by atoms with E-state index in [1.165, 1.54) is 42.1 Å². The van der Waals surface area contributed by atoms with Gasteiger partial charge in [0.25, 0.3) is 0 Å². The molecular weight excluding hydrogens is 598 g/mol. The van der Waals surface area contributed by atoms with Gasteiger partial charge < -0.3 is 29.6 Å². The second kappa shape index (κ2) is 12.7. The van der Waals surface area contributed by atoms with Crippen molar-refractivity contribution in [2.24, 2.45) is 0 Å². The number of halogens is 2. The molecule has 4 rings (SSSR count). The average Bonchev–Trinajstić information content (AvgIpc) is 3.41. The van der Waals surface area contributed by atoms with E-state index in [2.05, 4.69) is 20.0 Å². The highest BCUT2D eigenvalue weighted by Gasteiger charge is 2.56. The molecule has 230 valence electrons. The Kier molecular flexibility index (Phi) is 9.60. The quantitative estimate of drug-likeness (QED) is 0.195. The smallest absolute Gasteiger partial charge is 0.459 e. The molecule has 0 saturated carbocycles. The van der Waals surface area contributed by atoms with Gasteiger partial charge in [-0.15, -0.1) is 0 Å². The number of carbonyl (C=O) groups excluding carboxylic acids is 1. The van der Waals surface area contributed by atoms with Gasteiger partial charge in [0.2, 0.25) is 11.8 Å². The fourth-order valence-corrected chi connectivity index (χ4v) is 5.81. The summed E-state index contributed by atoms with van der Waals surface area (Å²) in [7, 11) is -4.35. The van der Waals surface area contributed by atoms with Crippen LogP contribution in [-0.4, -0.2) is 73.8 Å². The molecule has 0 amide bonds. The molecule has 6 atom stereocenters. The van der Waals surface area contributed by atoms with E-state index in [4.69, 9.17) is 40.6 Å². The molecule has 1 fully saturated rings. The van der Waals surface area contributed by atoms with Crippen LogP contribution in [0.15, 0.2) is 30.6 Å². The van der Waals surface area contributed by atoms with Crippen molar-refractivity contribution in [3.63, 3.8) is 0 Å². The molecule has 14 nitrogen and oxygen atoms in total. The summed E-state index contributed by atoms with van der Waals surface area (Å²) < 4.78 is 58.8. The lowest BCUT2D eigenvalue weighted by Crippen LogP contribution is -2.41. The number of hydrogen-bond donors (Lipinski definition) is 3. The molecule has 0 bridgehead atoms. The van der Waals surface area contributed by atoms with Gasteiger partial charge in [0.05, 0.1) is 25.6 Å². The fourth-order valence-electron chi connectivity index (χ4n) is 4.19. The highest BCUT2D eigenvalue weighted by Crippen LogP contribution is 2.48. The van der Waals surface area contributed by atoms with Crippen molar-refractivity contribution >= 4 is 42.4 Å². The maximum absolute atomic E-state index is 16.0. The minimum Gasteiger partial charge on any atom is -0.476 e. The van der Waals surface area contributed by atoms with Gasteiger partial charge in [-0.05, 0) is 58.9 Å². The van der Waals surface area contributed by atoms with E-state index in [-0.39, 0.29) is 35.3 Å². The summed E-state index contributed by atoms with van der Waals surface area (Å²) in [4.78, 5) is 24.8. The highest BCUT2D eigenvalue weighted by atomic mass is 35.5. The van der Waals surface area contributed by atoms with Crippen molar-refractivity contribution in [3.8, 4) is 11.6 Å². The number of aliphatic hydroxyl groups is 1. The SMILES string of the molecule is CCOc1nc(N)nc2c1ncn2[C@@H]1O[C@H](COP(=O)(N[C@@H](C)C(=O)OC(C)C)Oc2ccc(Cl)cc2)[C@@H](O)[C@@]1(C)F. The molecule has 1 aromatic carbocycles. The summed E-state index contributed by atoms with van der Waals surface area (Å²) in [6.45, 7) is 7.29. The minimum atomic E-state index is -4.35. The van der Waals surface area contributed by atoms with Crippen molar-refractivity contribution in [1.82, 2.24) is 24.6 Å². The van der Waals surface area contributed by atoms with Gasteiger partial charge in [-0.2, -0.15) is 15.1 Å². The number of anilines is 1. The maximum atomic E-state index is 16.0. The average molecular weight is 631 g/mol. The van der Waals surface area contributed by atoms with E-state index in [0.717, 1.165) is 6.92 Å². The molecule has 0 spiro atoms. The zero-order valence-electron chi connectivity index (χ0n) is 23.6. The van der Waals surface area contributed by atoms with Gasteiger partial charge in [-0.1, -0.05) is 11.6 Å². The van der Waals surface area contributed by atoms with Crippen LogP contribution in [0.1, 0.15) is 40.8 Å². The third kappa shape index (κ3) is 6.93. The summed E-state index contributed by atoms with van der Waals surface area (Å²) in [5.74, 6) is -0.632. The molecule has 1 aliphatic heterocycles. The fraction of sp³-hybridized carbons (Fsp3) is 0.520. The Hall–Kier alpha value is -3.07. The molecule has 2 aromatic heterocycles. The number of nitrogens with one attached hydrogen (secondary N) is 1. The van der Waals surface area contributed by atoms with Crippen LogP contribution in [0.25, 0.3) is 11.2 Å². The van der Waals surface area contributed by atoms with Crippen LogP contribution in [0.3, 0.4) is 0 Å². The number of ether oxygens (including phenoxy) is 3. The number of aliphatic hydroxyl groups excluding tert-OH is 1. The van der Waals surface area contributed by atoms with Gasteiger partial charge >= 0.3 is 13.7 Å². The lowest BCUT2D eigenvalue weighted by molar-refractivity contribution is -0.149. The van der Waals surface area contributed by atoms with Gasteiger partial charge in [0.15, 0.2) is 23.1 Å². The Labute approximate surface area is 246 Å². The molecule has 17 heteroatoms. The van der Waals surface area contributed by atoms with E-state index in [9.17, 15) is 14.5 Å². The van der Waals surface area contributed by atoms with Crippen molar-refractivity contribution in [1.29, 1.82) is 0 Å².